The second-order valence-corrected chi connectivity index (χ2v) is 7.38. The van der Waals surface area contributed by atoms with E-state index in [4.69, 9.17) is 0 Å². The molecule has 9 nitrogen and oxygen atoms in total. The molecule has 1 saturated heterocycles. The first-order valence-corrected chi connectivity index (χ1v) is 9.24. The van der Waals surface area contributed by atoms with Gasteiger partial charge in [0.1, 0.15) is 11.1 Å². The quantitative estimate of drug-likeness (QED) is 0.798. The van der Waals surface area contributed by atoms with Crippen LogP contribution < -0.4 is 10.7 Å². The highest BCUT2D eigenvalue weighted by molar-refractivity contribution is 6.09. The fraction of sp³-hybridized carbons (Fsp3) is 0.500. The van der Waals surface area contributed by atoms with Gasteiger partial charge in [-0.1, -0.05) is 12.1 Å². The molecule has 2 heterocycles. The van der Waals surface area contributed by atoms with Crippen LogP contribution in [-0.2, 0) is 11.3 Å². The van der Waals surface area contributed by atoms with Gasteiger partial charge >= 0.3 is 6.03 Å². The number of nitrogens with one attached hydrogen (secondary N) is 2. The Labute approximate surface area is 156 Å². The van der Waals surface area contributed by atoms with Crippen molar-refractivity contribution in [1.82, 2.24) is 30.7 Å². The molecule has 2 N–H and O–H groups in total. The molecule has 1 aromatic carbocycles. The zero-order valence-corrected chi connectivity index (χ0v) is 15.4. The first kappa shape index (κ1) is 17.4. The number of hydrazine groups is 1. The zero-order valence-electron chi connectivity index (χ0n) is 15.4. The molecule has 4 rings (SSSR count). The third-order valence-electron chi connectivity index (χ3n) is 5.58. The minimum atomic E-state index is -0.884. The fourth-order valence-electron chi connectivity index (χ4n) is 3.83. The van der Waals surface area contributed by atoms with Crippen LogP contribution in [-0.4, -0.2) is 43.4 Å². The van der Waals surface area contributed by atoms with Gasteiger partial charge in [0.05, 0.1) is 5.52 Å². The van der Waals surface area contributed by atoms with Gasteiger partial charge in [0, 0.05) is 12.1 Å². The summed E-state index contributed by atoms with van der Waals surface area (Å²) in [6.45, 7) is 4.76. The largest absolute Gasteiger partial charge is 0.344 e. The van der Waals surface area contributed by atoms with Crippen molar-refractivity contribution in [3.05, 3.63) is 23.8 Å². The maximum absolute atomic E-state index is 12.8. The van der Waals surface area contributed by atoms with E-state index in [2.05, 4.69) is 28.0 Å². The Morgan fingerprint density at radius 2 is 2.07 bits per heavy atom. The van der Waals surface area contributed by atoms with Crippen LogP contribution in [0, 0.1) is 5.92 Å². The topological polar surface area (TPSA) is 109 Å². The number of imide groups is 1. The Balaban J connectivity index is 1.52. The van der Waals surface area contributed by atoms with Crippen molar-refractivity contribution >= 4 is 28.9 Å². The molecule has 1 spiro atoms. The van der Waals surface area contributed by atoms with E-state index in [0.29, 0.717) is 36.4 Å². The van der Waals surface area contributed by atoms with E-state index in [1.807, 2.05) is 6.92 Å². The third kappa shape index (κ3) is 2.83. The number of fused-ring (bicyclic) bond motifs is 1. The standard InChI is InChI=1S/C18H22N6O3/c1-3-23-14-5-4-12(10-13(14)20-22-23)15(25)21-24-16(26)18(19-17(24)27)8-6-11(2)7-9-18/h4-5,10-11H,3,6-9H2,1-2H3,(H,19,27)(H,21,25). The molecule has 4 amide bonds. The zero-order chi connectivity index (χ0) is 19.2. The predicted octanol–water partition coefficient (Wildman–Crippen LogP) is 1.60. The third-order valence-corrected chi connectivity index (χ3v) is 5.58. The van der Waals surface area contributed by atoms with Crippen molar-refractivity contribution in [2.75, 3.05) is 0 Å². The number of urea groups is 1. The summed E-state index contributed by atoms with van der Waals surface area (Å²) in [6.07, 6.45) is 2.93. The summed E-state index contributed by atoms with van der Waals surface area (Å²) in [4.78, 5) is 37.7. The number of aryl methyl sites for hydroxylation is 1. The van der Waals surface area contributed by atoms with E-state index in [-0.39, 0.29) is 5.91 Å². The fourth-order valence-corrected chi connectivity index (χ4v) is 3.83. The smallest absolute Gasteiger partial charge is 0.322 e. The van der Waals surface area contributed by atoms with Crippen LogP contribution in [0.25, 0.3) is 11.0 Å². The summed E-state index contributed by atoms with van der Waals surface area (Å²) in [7, 11) is 0. The van der Waals surface area contributed by atoms with Gasteiger partial charge in [-0.25, -0.2) is 9.48 Å². The molecule has 1 aliphatic carbocycles. The maximum atomic E-state index is 12.8. The molecular formula is C18H22N6O3. The first-order valence-electron chi connectivity index (χ1n) is 9.24. The van der Waals surface area contributed by atoms with Crippen molar-refractivity contribution in [2.24, 2.45) is 5.92 Å². The molecule has 1 aromatic heterocycles. The molecule has 2 aliphatic rings. The van der Waals surface area contributed by atoms with Gasteiger partial charge in [-0.05, 0) is 56.7 Å². The van der Waals surface area contributed by atoms with Gasteiger partial charge in [0.2, 0.25) is 0 Å². The number of carbonyl (C=O) groups excluding carboxylic acids is 3. The Bertz CT molecular complexity index is 928. The van der Waals surface area contributed by atoms with Crippen LogP contribution >= 0.6 is 0 Å². The minimum absolute atomic E-state index is 0.310. The lowest BCUT2D eigenvalue weighted by molar-refractivity contribution is -0.134. The van der Waals surface area contributed by atoms with Crippen molar-refractivity contribution < 1.29 is 14.4 Å². The van der Waals surface area contributed by atoms with E-state index in [1.54, 1.807) is 22.9 Å². The van der Waals surface area contributed by atoms with Gasteiger partial charge < -0.3 is 5.32 Å². The van der Waals surface area contributed by atoms with Gasteiger partial charge in [-0.2, -0.15) is 5.01 Å². The summed E-state index contributed by atoms with van der Waals surface area (Å²) in [5.74, 6) is -0.384. The van der Waals surface area contributed by atoms with E-state index in [0.717, 1.165) is 23.4 Å². The number of amides is 4. The molecule has 0 bridgehead atoms. The van der Waals surface area contributed by atoms with Crippen LogP contribution in [0.15, 0.2) is 18.2 Å². The van der Waals surface area contributed by atoms with Crippen LogP contribution in [0.2, 0.25) is 0 Å². The Morgan fingerprint density at radius 3 is 2.78 bits per heavy atom. The molecule has 0 radical (unpaired) electrons. The Morgan fingerprint density at radius 1 is 1.33 bits per heavy atom. The van der Waals surface area contributed by atoms with Crippen LogP contribution in [0.3, 0.4) is 0 Å². The number of aromatic nitrogens is 3. The summed E-state index contributed by atoms with van der Waals surface area (Å²) in [6, 6.07) is 4.40. The number of hydrogen-bond acceptors (Lipinski definition) is 5. The number of carbonyl (C=O) groups is 3. The van der Waals surface area contributed by atoms with E-state index >= 15 is 0 Å². The van der Waals surface area contributed by atoms with E-state index in [9.17, 15) is 14.4 Å². The van der Waals surface area contributed by atoms with Crippen molar-refractivity contribution in [3.63, 3.8) is 0 Å². The second-order valence-electron chi connectivity index (χ2n) is 7.38. The number of benzene rings is 1. The highest BCUT2D eigenvalue weighted by atomic mass is 16.2. The van der Waals surface area contributed by atoms with Gasteiger partial charge in [-0.3, -0.25) is 15.0 Å². The highest BCUT2D eigenvalue weighted by Gasteiger charge is 2.52. The minimum Gasteiger partial charge on any atom is -0.322 e. The number of rotatable bonds is 3. The van der Waals surface area contributed by atoms with Gasteiger partial charge in [0.25, 0.3) is 11.8 Å². The lowest BCUT2D eigenvalue weighted by Gasteiger charge is -2.33. The molecule has 0 atom stereocenters. The molecule has 142 valence electrons. The highest BCUT2D eigenvalue weighted by Crippen LogP contribution is 2.35. The molecule has 9 heteroatoms. The summed E-state index contributed by atoms with van der Waals surface area (Å²) >= 11 is 0. The molecule has 0 unspecified atom stereocenters. The van der Waals surface area contributed by atoms with Crippen LogP contribution in [0.5, 0.6) is 0 Å². The van der Waals surface area contributed by atoms with Crippen molar-refractivity contribution in [1.29, 1.82) is 0 Å². The predicted molar refractivity (Wildman–Crippen MR) is 96.4 cm³/mol. The van der Waals surface area contributed by atoms with E-state index in [1.165, 1.54) is 0 Å². The molecule has 2 aromatic rings. The molecule has 1 aliphatic heterocycles. The SMILES string of the molecule is CCn1nnc2cc(C(=O)NN3C(=O)NC4(CCC(C)CC4)C3=O)ccc21. The lowest BCUT2D eigenvalue weighted by Crippen LogP contribution is -2.51. The molecular weight excluding hydrogens is 348 g/mol. The summed E-state index contributed by atoms with van der Waals surface area (Å²) < 4.78 is 1.72. The normalized spacial score (nSPS) is 25.3. The second kappa shape index (κ2) is 6.33. The average Bonchev–Trinajstić information content (AvgIpc) is 3.18. The Hall–Kier alpha value is -2.97. The van der Waals surface area contributed by atoms with E-state index < -0.39 is 17.5 Å². The molecule has 27 heavy (non-hydrogen) atoms. The Kier molecular flexibility index (Phi) is 4.09. The molecule has 2 fully saturated rings. The first-order chi connectivity index (χ1) is 12.9. The lowest BCUT2D eigenvalue weighted by atomic mass is 9.77. The maximum Gasteiger partial charge on any atom is 0.344 e. The van der Waals surface area contributed by atoms with Crippen molar-refractivity contribution in [3.8, 4) is 0 Å². The number of nitrogens with zero attached hydrogens (tertiary/aromatic N) is 4. The van der Waals surface area contributed by atoms with Crippen molar-refractivity contribution in [2.45, 2.75) is 51.6 Å². The summed E-state index contributed by atoms with van der Waals surface area (Å²) in [5, 5.41) is 11.6. The van der Waals surface area contributed by atoms with Gasteiger partial charge in [0.15, 0.2) is 0 Å². The monoisotopic (exact) mass is 370 g/mol. The molecule has 1 saturated carbocycles. The van der Waals surface area contributed by atoms with Gasteiger partial charge in [-0.15, -0.1) is 5.10 Å². The average molecular weight is 370 g/mol. The summed E-state index contributed by atoms with van der Waals surface area (Å²) in [5.41, 5.74) is 3.27. The van der Waals surface area contributed by atoms with Crippen LogP contribution in [0.1, 0.15) is 49.9 Å². The van der Waals surface area contributed by atoms with Crippen LogP contribution in [0.4, 0.5) is 4.79 Å². The number of hydrogen-bond donors (Lipinski definition) is 2.